The van der Waals surface area contributed by atoms with E-state index in [-0.39, 0.29) is 12.3 Å². The Bertz CT molecular complexity index is 683. The zero-order valence-corrected chi connectivity index (χ0v) is 11.8. The van der Waals surface area contributed by atoms with Crippen molar-refractivity contribution >= 4 is 5.97 Å². The van der Waals surface area contributed by atoms with Gasteiger partial charge in [0.15, 0.2) is 0 Å². The van der Waals surface area contributed by atoms with Crippen LogP contribution < -0.4 is 0 Å². The van der Waals surface area contributed by atoms with Crippen LogP contribution in [0.15, 0.2) is 42.7 Å². The first-order chi connectivity index (χ1) is 10.3. The SMILES string of the molecule is CC(CC(=O)O)c1cncc(-c2cccc(C(F)(F)F)c2)c1. The van der Waals surface area contributed by atoms with E-state index in [2.05, 4.69) is 4.98 Å². The van der Waals surface area contributed by atoms with E-state index in [1.807, 2.05) is 0 Å². The van der Waals surface area contributed by atoms with Crippen molar-refractivity contribution in [2.75, 3.05) is 0 Å². The zero-order valence-electron chi connectivity index (χ0n) is 11.8. The molecule has 0 spiro atoms. The highest BCUT2D eigenvalue weighted by atomic mass is 19.4. The Morgan fingerprint density at radius 1 is 1.23 bits per heavy atom. The summed E-state index contributed by atoms with van der Waals surface area (Å²) in [4.78, 5) is 14.8. The molecule has 1 aromatic heterocycles. The highest BCUT2D eigenvalue weighted by Crippen LogP contribution is 2.32. The summed E-state index contributed by atoms with van der Waals surface area (Å²) in [5.41, 5.74) is 0.874. The predicted molar refractivity (Wildman–Crippen MR) is 75.3 cm³/mol. The number of carbonyl (C=O) groups is 1. The van der Waals surface area contributed by atoms with Gasteiger partial charge in [0.05, 0.1) is 12.0 Å². The van der Waals surface area contributed by atoms with Gasteiger partial charge < -0.3 is 5.11 Å². The van der Waals surface area contributed by atoms with Crippen LogP contribution >= 0.6 is 0 Å². The Kier molecular flexibility index (Phi) is 4.49. The fourth-order valence-corrected chi connectivity index (χ4v) is 2.14. The molecule has 0 saturated carbocycles. The van der Waals surface area contributed by atoms with Gasteiger partial charge in [-0.15, -0.1) is 0 Å². The van der Waals surface area contributed by atoms with E-state index >= 15 is 0 Å². The van der Waals surface area contributed by atoms with Gasteiger partial charge in [0.1, 0.15) is 0 Å². The summed E-state index contributed by atoms with van der Waals surface area (Å²) >= 11 is 0. The molecular formula is C16H14F3NO2. The maximum atomic E-state index is 12.8. The quantitative estimate of drug-likeness (QED) is 0.913. The first kappa shape index (κ1) is 16.0. The number of halogens is 3. The van der Waals surface area contributed by atoms with Gasteiger partial charge in [0.25, 0.3) is 0 Å². The van der Waals surface area contributed by atoms with Gasteiger partial charge in [0, 0.05) is 18.0 Å². The number of rotatable bonds is 4. The monoisotopic (exact) mass is 309 g/mol. The van der Waals surface area contributed by atoms with Crippen LogP contribution in [-0.4, -0.2) is 16.1 Å². The van der Waals surface area contributed by atoms with Crippen molar-refractivity contribution in [3.63, 3.8) is 0 Å². The molecule has 116 valence electrons. The molecular weight excluding hydrogens is 295 g/mol. The molecule has 0 aliphatic heterocycles. The highest BCUT2D eigenvalue weighted by molar-refractivity contribution is 5.68. The van der Waals surface area contributed by atoms with E-state index in [0.29, 0.717) is 16.7 Å². The molecule has 0 fully saturated rings. The molecule has 0 saturated heterocycles. The van der Waals surface area contributed by atoms with Crippen LogP contribution in [0.5, 0.6) is 0 Å². The van der Waals surface area contributed by atoms with Crippen molar-refractivity contribution in [2.45, 2.75) is 25.4 Å². The second kappa shape index (κ2) is 6.17. The third-order valence-corrected chi connectivity index (χ3v) is 3.33. The first-order valence-corrected chi connectivity index (χ1v) is 6.61. The third-order valence-electron chi connectivity index (χ3n) is 3.33. The van der Waals surface area contributed by atoms with E-state index in [1.165, 1.54) is 18.5 Å². The number of pyridine rings is 1. The molecule has 3 nitrogen and oxygen atoms in total. The third kappa shape index (κ3) is 3.84. The molecule has 1 N–H and O–H groups in total. The predicted octanol–water partition coefficient (Wildman–Crippen LogP) is 4.35. The Morgan fingerprint density at radius 3 is 2.59 bits per heavy atom. The van der Waals surface area contributed by atoms with Crippen LogP contribution in [0.4, 0.5) is 13.2 Å². The Hall–Kier alpha value is -2.37. The molecule has 1 heterocycles. The molecule has 2 rings (SSSR count). The molecule has 0 aliphatic rings. The van der Waals surface area contributed by atoms with Crippen LogP contribution in [0, 0.1) is 0 Å². The number of carboxylic acid groups (broad SMARTS) is 1. The van der Waals surface area contributed by atoms with Crippen molar-refractivity contribution in [1.82, 2.24) is 4.98 Å². The van der Waals surface area contributed by atoms with Gasteiger partial charge in [-0.3, -0.25) is 9.78 Å². The van der Waals surface area contributed by atoms with Gasteiger partial charge in [-0.1, -0.05) is 19.1 Å². The maximum absolute atomic E-state index is 12.8. The summed E-state index contributed by atoms with van der Waals surface area (Å²) in [5, 5.41) is 8.81. The van der Waals surface area contributed by atoms with E-state index in [1.54, 1.807) is 19.1 Å². The smallest absolute Gasteiger partial charge is 0.416 e. The van der Waals surface area contributed by atoms with Crippen LogP contribution in [0.25, 0.3) is 11.1 Å². The van der Waals surface area contributed by atoms with Crippen LogP contribution in [0.3, 0.4) is 0 Å². The van der Waals surface area contributed by atoms with Gasteiger partial charge >= 0.3 is 12.1 Å². The standard InChI is InChI=1S/C16H14F3NO2/c1-10(5-15(21)22)12-6-13(9-20-8-12)11-3-2-4-14(7-11)16(17,18)19/h2-4,6-10H,5H2,1H3,(H,21,22). The van der Waals surface area contributed by atoms with Gasteiger partial charge in [-0.2, -0.15) is 13.2 Å². The van der Waals surface area contributed by atoms with Crippen molar-refractivity contribution < 1.29 is 23.1 Å². The number of hydrogen-bond donors (Lipinski definition) is 1. The average molecular weight is 309 g/mol. The van der Waals surface area contributed by atoms with Gasteiger partial charge in [0.2, 0.25) is 0 Å². The van der Waals surface area contributed by atoms with E-state index in [4.69, 9.17) is 5.11 Å². The number of nitrogens with zero attached hydrogens (tertiary/aromatic N) is 1. The lowest BCUT2D eigenvalue weighted by Crippen LogP contribution is -2.05. The molecule has 22 heavy (non-hydrogen) atoms. The Balaban J connectivity index is 2.36. The fourth-order valence-electron chi connectivity index (χ4n) is 2.14. The number of hydrogen-bond acceptors (Lipinski definition) is 2. The van der Waals surface area contributed by atoms with Crippen molar-refractivity contribution in [3.8, 4) is 11.1 Å². The molecule has 2 aromatic rings. The lowest BCUT2D eigenvalue weighted by Gasteiger charge is -2.12. The number of aromatic nitrogens is 1. The normalized spacial score (nSPS) is 12.9. The number of carboxylic acids is 1. The summed E-state index contributed by atoms with van der Waals surface area (Å²) in [5.74, 6) is -1.20. The molecule has 1 aromatic carbocycles. The fraction of sp³-hybridized carbons (Fsp3) is 0.250. The minimum absolute atomic E-state index is 0.0618. The topological polar surface area (TPSA) is 50.2 Å². The van der Waals surface area contributed by atoms with Crippen LogP contribution in [0.1, 0.15) is 30.4 Å². The van der Waals surface area contributed by atoms with Crippen LogP contribution in [-0.2, 0) is 11.0 Å². The van der Waals surface area contributed by atoms with E-state index in [0.717, 1.165) is 12.1 Å². The van der Waals surface area contributed by atoms with Crippen LogP contribution in [0.2, 0.25) is 0 Å². The van der Waals surface area contributed by atoms with Crippen molar-refractivity contribution in [1.29, 1.82) is 0 Å². The molecule has 1 unspecified atom stereocenters. The van der Waals surface area contributed by atoms with E-state index < -0.39 is 17.7 Å². The first-order valence-electron chi connectivity index (χ1n) is 6.61. The summed E-state index contributed by atoms with van der Waals surface area (Å²) < 4.78 is 38.3. The average Bonchev–Trinajstić information content (AvgIpc) is 2.46. The minimum atomic E-state index is -4.41. The lowest BCUT2D eigenvalue weighted by molar-refractivity contribution is -0.138. The molecule has 0 amide bonds. The Morgan fingerprint density at radius 2 is 1.95 bits per heavy atom. The van der Waals surface area contributed by atoms with Crippen molar-refractivity contribution in [2.24, 2.45) is 0 Å². The summed E-state index contributed by atoms with van der Waals surface area (Å²) in [6.45, 7) is 1.74. The summed E-state index contributed by atoms with van der Waals surface area (Å²) in [6.07, 6.45) is -1.47. The summed E-state index contributed by atoms with van der Waals surface area (Å²) in [7, 11) is 0. The number of aliphatic carboxylic acids is 1. The van der Waals surface area contributed by atoms with Gasteiger partial charge in [-0.25, -0.2) is 0 Å². The molecule has 0 bridgehead atoms. The molecule has 0 radical (unpaired) electrons. The van der Waals surface area contributed by atoms with Crippen molar-refractivity contribution in [3.05, 3.63) is 53.9 Å². The van der Waals surface area contributed by atoms with Gasteiger partial charge in [-0.05, 0) is 35.2 Å². The van der Waals surface area contributed by atoms with E-state index in [9.17, 15) is 18.0 Å². The zero-order chi connectivity index (χ0) is 16.3. The molecule has 6 heteroatoms. The minimum Gasteiger partial charge on any atom is -0.481 e. The lowest BCUT2D eigenvalue weighted by atomic mass is 9.96. The number of benzene rings is 1. The second-order valence-electron chi connectivity index (χ2n) is 5.08. The number of alkyl halides is 3. The highest BCUT2D eigenvalue weighted by Gasteiger charge is 2.30. The second-order valence-corrected chi connectivity index (χ2v) is 5.08. The Labute approximate surface area is 125 Å². The molecule has 0 aliphatic carbocycles. The maximum Gasteiger partial charge on any atom is 0.416 e. The summed E-state index contributed by atoms with van der Waals surface area (Å²) in [6, 6.07) is 6.65. The molecule has 1 atom stereocenters. The largest absolute Gasteiger partial charge is 0.481 e.